The number of anilines is 2. The van der Waals surface area contributed by atoms with Crippen molar-refractivity contribution >= 4 is 23.3 Å². The van der Waals surface area contributed by atoms with Crippen molar-refractivity contribution in [3.8, 4) is 0 Å². The van der Waals surface area contributed by atoms with E-state index in [-0.39, 0.29) is 11.9 Å². The van der Waals surface area contributed by atoms with Gasteiger partial charge < -0.3 is 20.7 Å². The number of rotatable bonds is 5. The molecule has 1 aromatic rings. The fraction of sp³-hybridized carbons (Fsp3) is 0.556. The highest BCUT2D eigenvalue weighted by Crippen LogP contribution is 2.31. The Morgan fingerprint density at radius 2 is 2.12 bits per heavy atom. The van der Waals surface area contributed by atoms with Gasteiger partial charge in [-0.15, -0.1) is 0 Å². The first-order valence-electron chi connectivity index (χ1n) is 8.81. The van der Waals surface area contributed by atoms with Crippen LogP contribution in [0.3, 0.4) is 0 Å². The number of hydrogen-bond acceptors (Lipinski definition) is 4. The van der Waals surface area contributed by atoms with Crippen LogP contribution in [0.4, 0.5) is 16.2 Å². The molecule has 3 rings (SSSR count). The summed E-state index contributed by atoms with van der Waals surface area (Å²) >= 11 is 0. The second-order valence-corrected chi connectivity index (χ2v) is 6.70. The topological polar surface area (TPSA) is 82.7 Å². The number of amides is 3. The van der Waals surface area contributed by atoms with Gasteiger partial charge in [-0.2, -0.15) is 0 Å². The van der Waals surface area contributed by atoms with Crippen molar-refractivity contribution < 1.29 is 14.3 Å². The summed E-state index contributed by atoms with van der Waals surface area (Å²) in [5.41, 5.74) is 0.995. The van der Waals surface area contributed by atoms with E-state index in [1.165, 1.54) is 0 Å². The summed E-state index contributed by atoms with van der Waals surface area (Å²) in [4.78, 5) is 26.6. The van der Waals surface area contributed by atoms with Crippen LogP contribution in [0.5, 0.6) is 0 Å². The molecule has 7 heteroatoms. The normalized spacial score (nSPS) is 20.0. The molecular weight excluding hydrogens is 320 g/mol. The van der Waals surface area contributed by atoms with Gasteiger partial charge in [0, 0.05) is 31.6 Å². The quantitative estimate of drug-likeness (QED) is 0.756. The lowest BCUT2D eigenvalue weighted by molar-refractivity contribution is -0.130. The predicted molar refractivity (Wildman–Crippen MR) is 96.8 cm³/mol. The Labute approximate surface area is 148 Å². The van der Waals surface area contributed by atoms with Gasteiger partial charge in [0.15, 0.2) is 0 Å². The number of carbonyl (C=O) groups excluding carboxylic acids is 2. The van der Waals surface area contributed by atoms with Gasteiger partial charge in [-0.1, -0.05) is 6.07 Å². The van der Waals surface area contributed by atoms with Crippen LogP contribution in [-0.4, -0.2) is 51.8 Å². The minimum atomic E-state index is -0.501. The van der Waals surface area contributed by atoms with E-state index in [0.717, 1.165) is 38.0 Å². The number of ether oxygens (including phenoxy) is 1. The molecule has 136 valence electrons. The molecule has 2 aliphatic rings. The smallest absolute Gasteiger partial charge is 0.321 e. The molecule has 2 aliphatic heterocycles. The summed E-state index contributed by atoms with van der Waals surface area (Å²) in [6.07, 6.45) is 2.41. The van der Waals surface area contributed by atoms with Gasteiger partial charge >= 0.3 is 6.03 Å². The van der Waals surface area contributed by atoms with Gasteiger partial charge in [0.2, 0.25) is 5.91 Å². The summed E-state index contributed by atoms with van der Waals surface area (Å²) in [5.74, 6) is -0.0175. The van der Waals surface area contributed by atoms with Gasteiger partial charge in [0.25, 0.3) is 0 Å². The Morgan fingerprint density at radius 3 is 2.84 bits per heavy atom. The fourth-order valence-corrected chi connectivity index (χ4v) is 3.51. The third kappa shape index (κ3) is 3.93. The van der Waals surface area contributed by atoms with Crippen LogP contribution < -0.4 is 20.9 Å². The molecule has 3 amide bonds. The Hall–Kier alpha value is -2.12. The highest BCUT2D eigenvalue weighted by molar-refractivity contribution is 5.97. The molecule has 3 N–H and O–H groups in total. The minimum absolute atomic E-state index is 0.0175. The molecule has 25 heavy (non-hydrogen) atoms. The summed E-state index contributed by atoms with van der Waals surface area (Å²) in [6.45, 7) is 3.42. The first-order chi connectivity index (χ1) is 12.1. The largest absolute Gasteiger partial charge is 0.384 e. The summed E-state index contributed by atoms with van der Waals surface area (Å²) in [5, 5.41) is 9.15. The zero-order valence-corrected chi connectivity index (χ0v) is 14.6. The van der Waals surface area contributed by atoms with E-state index < -0.39 is 5.41 Å². The Kier molecular flexibility index (Phi) is 5.55. The van der Waals surface area contributed by atoms with Gasteiger partial charge in [0.05, 0.1) is 12.0 Å². The maximum atomic E-state index is 12.9. The average molecular weight is 346 g/mol. The van der Waals surface area contributed by atoms with Crippen LogP contribution in [0.25, 0.3) is 0 Å². The monoisotopic (exact) mass is 346 g/mol. The molecule has 0 aromatic heterocycles. The highest BCUT2D eigenvalue weighted by atomic mass is 16.5. The van der Waals surface area contributed by atoms with E-state index in [4.69, 9.17) is 4.74 Å². The van der Waals surface area contributed by atoms with Gasteiger partial charge in [-0.3, -0.25) is 9.69 Å². The van der Waals surface area contributed by atoms with E-state index in [2.05, 4.69) is 16.0 Å². The Bertz CT molecular complexity index is 623. The second kappa shape index (κ2) is 7.84. The molecule has 0 saturated carbocycles. The van der Waals surface area contributed by atoms with Crippen LogP contribution in [0.2, 0.25) is 0 Å². The van der Waals surface area contributed by atoms with Gasteiger partial charge in [-0.05, 0) is 50.6 Å². The molecule has 0 atom stereocenters. The fourth-order valence-electron chi connectivity index (χ4n) is 3.51. The minimum Gasteiger partial charge on any atom is -0.384 e. The number of piperidine rings is 1. The SMILES string of the molecule is COCC1(C(=O)Nc2cccc(N3CCCNC3=O)c2)CCNCC1. The third-order valence-electron chi connectivity index (χ3n) is 4.96. The summed E-state index contributed by atoms with van der Waals surface area (Å²) in [6, 6.07) is 7.35. The average Bonchev–Trinajstić information content (AvgIpc) is 2.63. The Balaban J connectivity index is 1.74. The van der Waals surface area contributed by atoms with Crippen molar-refractivity contribution in [1.82, 2.24) is 10.6 Å². The van der Waals surface area contributed by atoms with Crippen LogP contribution in [0.1, 0.15) is 19.3 Å². The predicted octanol–water partition coefficient (Wildman–Crippen LogP) is 1.56. The molecule has 0 spiro atoms. The van der Waals surface area contributed by atoms with Crippen LogP contribution in [0, 0.1) is 5.41 Å². The highest BCUT2D eigenvalue weighted by Gasteiger charge is 2.39. The number of benzene rings is 1. The number of carbonyl (C=O) groups is 2. The lowest BCUT2D eigenvalue weighted by Crippen LogP contribution is -2.47. The molecule has 2 saturated heterocycles. The van der Waals surface area contributed by atoms with Crippen molar-refractivity contribution in [3.05, 3.63) is 24.3 Å². The second-order valence-electron chi connectivity index (χ2n) is 6.70. The summed E-state index contributed by atoms with van der Waals surface area (Å²) in [7, 11) is 1.63. The molecule has 0 aliphatic carbocycles. The zero-order chi connectivity index (χ0) is 17.7. The van der Waals surface area contributed by atoms with Gasteiger partial charge in [-0.25, -0.2) is 4.79 Å². The van der Waals surface area contributed by atoms with Crippen LogP contribution >= 0.6 is 0 Å². The standard InChI is InChI=1S/C18H26N4O3/c1-25-13-18(6-9-19-10-7-18)16(23)21-14-4-2-5-15(12-14)22-11-3-8-20-17(22)24/h2,4-5,12,19H,3,6-11,13H2,1H3,(H,20,24)(H,21,23). The maximum Gasteiger partial charge on any atom is 0.321 e. The number of urea groups is 1. The molecular formula is C18H26N4O3. The molecule has 1 aromatic carbocycles. The number of hydrogen-bond donors (Lipinski definition) is 3. The van der Waals surface area contributed by atoms with E-state index in [9.17, 15) is 9.59 Å². The van der Waals surface area contributed by atoms with Crippen molar-refractivity contribution in [1.29, 1.82) is 0 Å². The first kappa shape index (κ1) is 17.7. The molecule has 0 radical (unpaired) electrons. The zero-order valence-electron chi connectivity index (χ0n) is 14.6. The van der Waals surface area contributed by atoms with Crippen LogP contribution in [-0.2, 0) is 9.53 Å². The molecule has 2 heterocycles. The third-order valence-corrected chi connectivity index (χ3v) is 4.96. The number of nitrogens with one attached hydrogen (secondary N) is 3. The maximum absolute atomic E-state index is 12.9. The number of nitrogens with zero attached hydrogens (tertiary/aromatic N) is 1. The van der Waals surface area contributed by atoms with E-state index in [1.54, 1.807) is 12.0 Å². The van der Waals surface area contributed by atoms with E-state index >= 15 is 0 Å². The number of methoxy groups -OCH3 is 1. The van der Waals surface area contributed by atoms with Crippen LogP contribution in [0.15, 0.2) is 24.3 Å². The lowest BCUT2D eigenvalue weighted by atomic mass is 9.78. The van der Waals surface area contributed by atoms with Crippen molar-refractivity contribution in [2.45, 2.75) is 19.3 Å². The van der Waals surface area contributed by atoms with E-state index in [0.29, 0.717) is 25.4 Å². The molecule has 7 nitrogen and oxygen atoms in total. The van der Waals surface area contributed by atoms with E-state index in [1.807, 2.05) is 24.3 Å². The Morgan fingerprint density at radius 1 is 1.32 bits per heavy atom. The molecule has 0 bridgehead atoms. The van der Waals surface area contributed by atoms with Crippen molar-refractivity contribution in [2.75, 3.05) is 50.1 Å². The first-order valence-corrected chi connectivity index (χ1v) is 8.81. The molecule has 2 fully saturated rings. The summed E-state index contributed by atoms with van der Waals surface area (Å²) < 4.78 is 5.33. The van der Waals surface area contributed by atoms with Crippen molar-refractivity contribution in [3.63, 3.8) is 0 Å². The lowest BCUT2D eigenvalue weighted by Gasteiger charge is -2.35. The molecule has 0 unspecified atom stereocenters. The van der Waals surface area contributed by atoms with Crippen molar-refractivity contribution in [2.24, 2.45) is 5.41 Å². The van der Waals surface area contributed by atoms with Gasteiger partial charge in [0.1, 0.15) is 0 Å².